The molecule has 3 unspecified atom stereocenters. The van der Waals surface area contributed by atoms with E-state index in [0.29, 0.717) is 23.7 Å². The van der Waals surface area contributed by atoms with Crippen LogP contribution in [0.4, 0.5) is 10.5 Å². The van der Waals surface area contributed by atoms with Gasteiger partial charge in [0.1, 0.15) is 17.7 Å². The summed E-state index contributed by atoms with van der Waals surface area (Å²) in [5.74, 6) is -0.871. The van der Waals surface area contributed by atoms with Crippen LogP contribution in [0.1, 0.15) is 102 Å². The van der Waals surface area contributed by atoms with Gasteiger partial charge in [-0.3, -0.25) is 9.59 Å². The van der Waals surface area contributed by atoms with E-state index >= 15 is 0 Å². The highest BCUT2D eigenvalue weighted by Gasteiger charge is 2.38. The molecule has 3 atom stereocenters. The molecule has 0 aliphatic carbocycles. The van der Waals surface area contributed by atoms with Gasteiger partial charge in [-0.2, -0.15) is 0 Å². The van der Waals surface area contributed by atoms with Crippen LogP contribution < -0.4 is 10.6 Å². The Kier molecular flexibility index (Phi) is 13.4. The van der Waals surface area contributed by atoms with Gasteiger partial charge in [0.25, 0.3) is 5.91 Å². The van der Waals surface area contributed by atoms with Crippen molar-refractivity contribution in [1.82, 2.24) is 10.2 Å². The maximum absolute atomic E-state index is 14.6. The number of aryl methyl sites for hydroxylation is 2. The van der Waals surface area contributed by atoms with E-state index in [0.717, 1.165) is 47.9 Å². The zero-order valence-electron chi connectivity index (χ0n) is 26.9. The second-order valence-electron chi connectivity index (χ2n) is 12.2. The van der Waals surface area contributed by atoms with Crippen molar-refractivity contribution in [2.75, 3.05) is 11.9 Å². The van der Waals surface area contributed by atoms with Crippen molar-refractivity contribution in [1.29, 1.82) is 0 Å². The summed E-state index contributed by atoms with van der Waals surface area (Å²) >= 11 is 6.51. The van der Waals surface area contributed by atoms with Crippen molar-refractivity contribution in [3.05, 3.63) is 63.7 Å². The molecule has 232 valence electrons. The lowest BCUT2D eigenvalue weighted by Gasteiger charge is -2.37. The smallest absolute Gasteiger partial charge is 0.408 e. The van der Waals surface area contributed by atoms with Gasteiger partial charge in [0.2, 0.25) is 5.91 Å². The maximum Gasteiger partial charge on any atom is 0.408 e. The molecule has 2 aromatic rings. The molecule has 0 bridgehead atoms. The Balaban J connectivity index is 2.66. The third-order valence-electron chi connectivity index (χ3n) is 7.66. The molecule has 0 radical (unpaired) electrons. The van der Waals surface area contributed by atoms with Gasteiger partial charge in [-0.1, -0.05) is 88.4 Å². The van der Waals surface area contributed by atoms with Gasteiger partial charge in [0, 0.05) is 6.54 Å². The summed E-state index contributed by atoms with van der Waals surface area (Å²) in [6.45, 7) is 17.6. The van der Waals surface area contributed by atoms with Gasteiger partial charge in [-0.05, 0) is 82.2 Å². The van der Waals surface area contributed by atoms with Gasteiger partial charge >= 0.3 is 6.09 Å². The number of carbonyl (C=O) groups excluding carboxylic acids is 3. The third-order valence-corrected chi connectivity index (χ3v) is 7.97. The van der Waals surface area contributed by atoms with E-state index in [1.807, 2.05) is 65.0 Å². The number of halogens is 1. The fourth-order valence-electron chi connectivity index (χ4n) is 4.87. The van der Waals surface area contributed by atoms with E-state index in [4.69, 9.17) is 16.3 Å². The van der Waals surface area contributed by atoms with E-state index in [-0.39, 0.29) is 17.7 Å². The number of alkyl carbamates (subject to hydrolysis) is 1. The van der Waals surface area contributed by atoms with E-state index in [1.54, 1.807) is 31.7 Å². The molecule has 0 saturated carbocycles. The number of anilines is 1. The van der Waals surface area contributed by atoms with Crippen LogP contribution in [0.15, 0.2) is 36.4 Å². The number of nitrogens with one attached hydrogen (secondary N) is 2. The first-order valence-electron chi connectivity index (χ1n) is 15.1. The van der Waals surface area contributed by atoms with Crippen molar-refractivity contribution in [2.24, 2.45) is 5.92 Å². The van der Waals surface area contributed by atoms with Crippen LogP contribution in [-0.4, -0.2) is 41.0 Å². The fraction of sp³-hybridized carbons (Fsp3) is 0.559. The Morgan fingerprint density at radius 3 is 2.19 bits per heavy atom. The van der Waals surface area contributed by atoms with Crippen LogP contribution in [0, 0.1) is 26.7 Å². The summed E-state index contributed by atoms with van der Waals surface area (Å²) in [6.07, 6.45) is 3.68. The quantitative estimate of drug-likeness (QED) is 0.227. The molecule has 2 rings (SSSR count). The molecule has 0 aromatic heterocycles. The predicted molar refractivity (Wildman–Crippen MR) is 172 cm³/mol. The normalized spacial score (nSPS) is 13.6. The van der Waals surface area contributed by atoms with Crippen molar-refractivity contribution in [3.8, 4) is 0 Å². The van der Waals surface area contributed by atoms with E-state index in [2.05, 4.69) is 17.6 Å². The number of nitrogens with zero attached hydrogens (tertiary/aromatic N) is 1. The average Bonchev–Trinajstić information content (AvgIpc) is 2.91. The van der Waals surface area contributed by atoms with Crippen LogP contribution >= 0.6 is 11.6 Å². The van der Waals surface area contributed by atoms with E-state index in [9.17, 15) is 14.4 Å². The first kappa shape index (κ1) is 35.1. The lowest BCUT2D eigenvalue weighted by Crippen LogP contribution is -2.55. The van der Waals surface area contributed by atoms with Crippen molar-refractivity contribution >= 4 is 35.2 Å². The number of unbranched alkanes of at least 4 members (excludes halogenated alkanes) is 3. The van der Waals surface area contributed by atoms with Crippen LogP contribution in [0.3, 0.4) is 0 Å². The number of hydrogen-bond donors (Lipinski definition) is 2. The SMILES string of the molecule is CCCCCCN(C(=O)C(NC(=O)OC(C)(C)C)C(C)CC)C(C(=O)Nc1c(C)cccc1Cl)c1cccc(C)c1C. The average molecular weight is 600 g/mol. The number of carbonyl (C=O) groups is 3. The molecule has 2 aromatic carbocycles. The van der Waals surface area contributed by atoms with Crippen LogP contribution in [0.25, 0.3) is 0 Å². The van der Waals surface area contributed by atoms with Crippen LogP contribution in [0.5, 0.6) is 0 Å². The third kappa shape index (κ3) is 9.75. The number of para-hydroxylation sites is 1. The molecule has 3 amide bonds. The van der Waals surface area contributed by atoms with Crippen molar-refractivity contribution < 1.29 is 19.1 Å². The summed E-state index contributed by atoms with van der Waals surface area (Å²) in [7, 11) is 0. The summed E-state index contributed by atoms with van der Waals surface area (Å²) in [5, 5.41) is 6.30. The number of hydrogen-bond acceptors (Lipinski definition) is 4. The summed E-state index contributed by atoms with van der Waals surface area (Å²) in [6, 6.07) is 9.42. The molecule has 42 heavy (non-hydrogen) atoms. The molecular weight excluding hydrogens is 550 g/mol. The highest BCUT2D eigenvalue weighted by atomic mass is 35.5. The standard InChI is InChI=1S/C34H50ClN3O4/c1-10-12-13-14-21-38(32(40)29(22(3)11-2)37-33(41)42-34(7,8)9)30(26-19-15-17-23(4)25(26)6)31(39)36-28-24(5)18-16-20-27(28)35/h15-20,22,29-30H,10-14,21H2,1-9H3,(H,36,39)(H,37,41). The lowest BCUT2D eigenvalue weighted by atomic mass is 9.92. The van der Waals surface area contributed by atoms with Gasteiger partial charge in [-0.15, -0.1) is 0 Å². The number of rotatable bonds is 13. The minimum Gasteiger partial charge on any atom is -0.444 e. The summed E-state index contributed by atoms with van der Waals surface area (Å²) in [4.78, 5) is 43.4. The minimum absolute atomic E-state index is 0.198. The summed E-state index contributed by atoms with van der Waals surface area (Å²) in [5.41, 5.74) is 3.30. The first-order chi connectivity index (χ1) is 19.7. The molecule has 7 nitrogen and oxygen atoms in total. The van der Waals surface area contributed by atoms with Crippen molar-refractivity contribution in [3.63, 3.8) is 0 Å². The van der Waals surface area contributed by atoms with Gasteiger partial charge < -0.3 is 20.3 Å². The molecule has 0 aliphatic rings. The monoisotopic (exact) mass is 599 g/mol. The number of amides is 3. The second kappa shape index (κ2) is 16.0. The minimum atomic E-state index is -0.943. The first-order valence-corrected chi connectivity index (χ1v) is 15.5. The highest BCUT2D eigenvalue weighted by molar-refractivity contribution is 6.34. The predicted octanol–water partition coefficient (Wildman–Crippen LogP) is 8.29. The topological polar surface area (TPSA) is 87.7 Å². The molecule has 8 heteroatoms. The maximum atomic E-state index is 14.6. The lowest BCUT2D eigenvalue weighted by molar-refractivity contribution is -0.142. The highest BCUT2D eigenvalue weighted by Crippen LogP contribution is 2.32. The zero-order chi connectivity index (χ0) is 31.6. The number of ether oxygens (including phenoxy) is 1. The number of benzene rings is 2. The van der Waals surface area contributed by atoms with Gasteiger partial charge in [0.15, 0.2) is 0 Å². The summed E-state index contributed by atoms with van der Waals surface area (Å²) < 4.78 is 5.52. The Morgan fingerprint density at radius 1 is 0.952 bits per heavy atom. The largest absolute Gasteiger partial charge is 0.444 e. The van der Waals surface area contributed by atoms with Crippen molar-refractivity contribution in [2.45, 2.75) is 112 Å². The molecule has 0 spiro atoms. The fourth-order valence-corrected chi connectivity index (χ4v) is 5.14. The Bertz CT molecular complexity index is 1200. The molecule has 2 N–H and O–H groups in total. The second-order valence-corrected chi connectivity index (χ2v) is 12.6. The molecule has 0 aliphatic heterocycles. The van der Waals surface area contributed by atoms with E-state index < -0.39 is 23.8 Å². The Labute approximate surface area is 257 Å². The van der Waals surface area contributed by atoms with Gasteiger partial charge in [0.05, 0.1) is 10.7 Å². The Morgan fingerprint density at radius 2 is 1.60 bits per heavy atom. The molecule has 0 heterocycles. The van der Waals surface area contributed by atoms with E-state index in [1.165, 1.54) is 0 Å². The Hall–Kier alpha value is -3.06. The molecular formula is C34H50ClN3O4. The van der Waals surface area contributed by atoms with Crippen LogP contribution in [-0.2, 0) is 14.3 Å². The van der Waals surface area contributed by atoms with Crippen LogP contribution in [0.2, 0.25) is 5.02 Å². The zero-order valence-corrected chi connectivity index (χ0v) is 27.7. The molecule has 0 fully saturated rings. The van der Waals surface area contributed by atoms with Gasteiger partial charge in [-0.25, -0.2) is 4.79 Å². The molecule has 0 saturated heterocycles.